The molecule has 17 heavy (non-hydrogen) atoms. The fourth-order valence-electron chi connectivity index (χ4n) is 1.86. The van der Waals surface area contributed by atoms with Gasteiger partial charge in [0.1, 0.15) is 0 Å². The minimum Gasteiger partial charge on any atom is -0.381 e. The number of nitrogens with one attached hydrogen (secondary N) is 1. The maximum absolute atomic E-state index is 3.84. The van der Waals surface area contributed by atoms with Gasteiger partial charge in [-0.15, -0.1) is 0 Å². The van der Waals surface area contributed by atoms with Crippen LogP contribution in [0.15, 0.2) is 55.1 Å². The Morgan fingerprint density at radius 1 is 1.06 bits per heavy atom. The van der Waals surface area contributed by atoms with Crippen molar-refractivity contribution in [2.45, 2.75) is 13.5 Å². The van der Waals surface area contributed by atoms with Crippen molar-refractivity contribution in [3.63, 3.8) is 0 Å². The van der Waals surface area contributed by atoms with E-state index in [1.807, 2.05) is 12.1 Å². The van der Waals surface area contributed by atoms with Crippen LogP contribution in [0.2, 0.25) is 0 Å². The molecule has 1 heteroatoms. The predicted octanol–water partition coefficient (Wildman–Crippen LogP) is 4.25. The smallest absolute Gasteiger partial charge is 0.0406 e. The van der Waals surface area contributed by atoms with Gasteiger partial charge < -0.3 is 5.32 Å². The number of para-hydroxylation sites is 1. The number of aryl methyl sites for hydroxylation is 1. The van der Waals surface area contributed by atoms with Gasteiger partial charge in [0, 0.05) is 12.2 Å². The molecule has 0 aliphatic rings. The Labute approximate surface area is 103 Å². The van der Waals surface area contributed by atoms with E-state index in [4.69, 9.17) is 0 Å². The largest absolute Gasteiger partial charge is 0.381 e. The summed E-state index contributed by atoms with van der Waals surface area (Å²) in [7, 11) is 0. The van der Waals surface area contributed by atoms with Crippen LogP contribution in [-0.4, -0.2) is 0 Å². The van der Waals surface area contributed by atoms with Crippen LogP contribution in [0.25, 0.3) is 6.08 Å². The molecule has 1 N–H and O–H groups in total. The van der Waals surface area contributed by atoms with Crippen molar-refractivity contribution >= 4 is 11.8 Å². The maximum atomic E-state index is 3.84. The van der Waals surface area contributed by atoms with E-state index in [1.165, 1.54) is 22.4 Å². The Morgan fingerprint density at radius 3 is 2.53 bits per heavy atom. The van der Waals surface area contributed by atoms with Gasteiger partial charge in [-0.2, -0.15) is 0 Å². The molecule has 0 bridgehead atoms. The van der Waals surface area contributed by atoms with Crippen LogP contribution in [0, 0.1) is 6.92 Å². The van der Waals surface area contributed by atoms with Gasteiger partial charge in [0.05, 0.1) is 0 Å². The molecule has 2 rings (SSSR count). The lowest BCUT2D eigenvalue weighted by Crippen LogP contribution is -2.02. The Hall–Kier alpha value is -2.02. The van der Waals surface area contributed by atoms with Gasteiger partial charge in [0.15, 0.2) is 0 Å². The second-order valence-electron chi connectivity index (χ2n) is 4.07. The average Bonchev–Trinajstić information content (AvgIpc) is 2.38. The Bertz CT molecular complexity index is 514. The molecule has 0 heterocycles. The zero-order chi connectivity index (χ0) is 12.1. The van der Waals surface area contributed by atoms with Crippen molar-refractivity contribution in [3.8, 4) is 0 Å². The highest BCUT2D eigenvalue weighted by atomic mass is 14.9. The fraction of sp³-hybridized carbons (Fsp3) is 0.125. The first-order chi connectivity index (χ1) is 8.31. The number of benzene rings is 2. The molecule has 2 aromatic carbocycles. The molecule has 1 nitrogen and oxygen atoms in total. The third-order valence-electron chi connectivity index (χ3n) is 2.89. The number of rotatable bonds is 4. The van der Waals surface area contributed by atoms with E-state index in [0.29, 0.717) is 0 Å². The fourth-order valence-corrected chi connectivity index (χ4v) is 1.86. The quantitative estimate of drug-likeness (QED) is 0.817. The topological polar surface area (TPSA) is 12.0 Å². The lowest BCUT2D eigenvalue weighted by molar-refractivity contribution is 1.13. The summed E-state index contributed by atoms with van der Waals surface area (Å²) in [6, 6.07) is 16.6. The van der Waals surface area contributed by atoms with Crippen LogP contribution in [0.1, 0.15) is 16.7 Å². The summed E-state index contributed by atoms with van der Waals surface area (Å²) < 4.78 is 0. The van der Waals surface area contributed by atoms with Crippen molar-refractivity contribution in [2.24, 2.45) is 0 Å². The van der Waals surface area contributed by atoms with Crippen molar-refractivity contribution in [1.29, 1.82) is 0 Å². The molecule has 0 aliphatic heterocycles. The molecule has 0 unspecified atom stereocenters. The predicted molar refractivity (Wildman–Crippen MR) is 75.0 cm³/mol. The summed E-state index contributed by atoms with van der Waals surface area (Å²) in [5.41, 5.74) is 4.91. The lowest BCUT2D eigenvalue weighted by Gasteiger charge is -2.11. The molecule has 0 saturated carbocycles. The first-order valence-corrected chi connectivity index (χ1v) is 5.81. The van der Waals surface area contributed by atoms with Gasteiger partial charge in [-0.3, -0.25) is 0 Å². The summed E-state index contributed by atoms with van der Waals surface area (Å²) in [6.45, 7) is 6.78. The van der Waals surface area contributed by atoms with Crippen LogP contribution >= 0.6 is 0 Å². The highest BCUT2D eigenvalue weighted by Gasteiger charge is 1.99. The van der Waals surface area contributed by atoms with Gasteiger partial charge in [-0.05, 0) is 29.7 Å². The summed E-state index contributed by atoms with van der Waals surface area (Å²) in [6.07, 6.45) is 1.90. The van der Waals surface area contributed by atoms with E-state index in [-0.39, 0.29) is 0 Å². The van der Waals surface area contributed by atoms with Gasteiger partial charge >= 0.3 is 0 Å². The molecule has 0 atom stereocenters. The van der Waals surface area contributed by atoms with Crippen molar-refractivity contribution in [2.75, 3.05) is 5.32 Å². The van der Waals surface area contributed by atoms with Crippen molar-refractivity contribution in [3.05, 3.63) is 71.8 Å². The van der Waals surface area contributed by atoms with Crippen LogP contribution in [0.3, 0.4) is 0 Å². The first-order valence-electron chi connectivity index (χ1n) is 5.81. The highest BCUT2D eigenvalue weighted by molar-refractivity contribution is 5.55. The monoisotopic (exact) mass is 223 g/mol. The molecular formula is C16H17N. The van der Waals surface area contributed by atoms with Gasteiger partial charge in [-0.1, -0.05) is 55.1 Å². The Morgan fingerprint density at radius 2 is 1.76 bits per heavy atom. The molecule has 86 valence electrons. The van der Waals surface area contributed by atoms with E-state index >= 15 is 0 Å². The number of hydrogen-bond acceptors (Lipinski definition) is 1. The molecule has 0 spiro atoms. The minimum atomic E-state index is 0.826. The lowest BCUT2D eigenvalue weighted by atomic mass is 10.1. The molecule has 0 aromatic heterocycles. The average molecular weight is 223 g/mol. The van der Waals surface area contributed by atoms with E-state index in [9.17, 15) is 0 Å². The van der Waals surface area contributed by atoms with E-state index < -0.39 is 0 Å². The van der Waals surface area contributed by atoms with Gasteiger partial charge in [0.25, 0.3) is 0 Å². The van der Waals surface area contributed by atoms with E-state index in [2.05, 4.69) is 61.3 Å². The zero-order valence-corrected chi connectivity index (χ0v) is 10.1. The third kappa shape index (κ3) is 2.76. The minimum absolute atomic E-state index is 0.826. The normalized spacial score (nSPS) is 9.94. The van der Waals surface area contributed by atoms with Crippen LogP contribution < -0.4 is 5.32 Å². The standard InChI is InChI=1S/C16H17N/c1-3-14-9-5-6-10-15(14)12-17-16-11-7-4-8-13(16)2/h3-11,17H,1,12H2,2H3. The molecule has 0 radical (unpaired) electrons. The van der Waals surface area contributed by atoms with Crippen LogP contribution in [0.4, 0.5) is 5.69 Å². The molecule has 0 amide bonds. The summed E-state index contributed by atoms with van der Waals surface area (Å²) in [4.78, 5) is 0. The SMILES string of the molecule is C=Cc1ccccc1CNc1ccccc1C. The Kier molecular flexibility index (Phi) is 3.61. The summed E-state index contributed by atoms with van der Waals surface area (Å²) >= 11 is 0. The molecular weight excluding hydrogens is 206 g/mol. The number of hydrogen-bond donors (Lipinski definition) is 1. The van der Waals surface area contributed by atoms with Crippen molar-refractivity contribution < 1.29 is 0 Å². The van der Waals surface area contributed by atoms with Gasteiger partial charge in [-0.25, -0.2) is 0 Å². The second-order valence-corrected chi connectivity index (χ2v) is 4.07. The molecule has 0 aliphatic carbocycles. The van der Waals surface area contributed by atoms with E-state index in [0.717, 1.165) is 6.54 Å². The Balaban J connectivity index is 2.13. The second kappa shape index (κ2) is 5.35. The zero-order valence-electron chi connectivity index (χ0n) is 10.1. The van der Waals surface area contributed by atoms with Crippen molar-refractivity contribution in [1.82, 2.24) is 0 Å². The van der Waals surface area contributed by atoms with Crippen LogP contribution in [0.5, 0.6) is 0 Å². The first kappa shape index (κ1) is 11.5. The molecule has 0 fully saturated rings. The molecule has 2 aromatic rings. The number of anilines is 1. The maximum Gasteiger partial charge on any atom is 0.0406 e. The third-order valence-corrected chi connectivity index (χ3v) is 2.89. The summed E-state index contributed by atoms with van der Waals surface area (Å²) in [5.74, 6) is 0. The van der Waals surface area contributed by atoms with Crippen LogP contribution in [-0.2, 0) is 6.54 Å². The van der Waals surface area contributed by atoms with Gasteiger partial charge in [0.2, 0.25) is 0 Å². The van der Waals surface area contributed by atoms with E-state index in [1.54, 1.807) is 0 Å². The summed E-state index contributed by atoms with van der Waals surface area (Å²) in [5, 5.41) is 3.46. The molecule has 0 saturated heterocycles. The highest BCUT2D eigenvalue weighted by Crippen LogP contribution is 2.16.